The molecule has 0 unspecified atom stereocenters. The van der Waals surface area contributed by atoms with Gasteiger partial charge in [0.15, 0.2) is 0 Å². The Balaban J connectivity index is 1.49. The molecule has 1 heterocycles. The van der Waals surface area contributed by atoms with Crippen molar-refractivity contribution in [2.24, 2.45) is 0 Å². The molecule has 4 aromatic rings. The van der Waals surface area contributed by atoms with E-state index in [2.05, 4.69) is 10.6 Å². The highest BCUT2D eigenvalue weighted by Gasteiger charge is 2.29. The van der Waals surface area contributed by atoms with Crippen LogP contribution in [0.2, 0.25) is 0 Å². The lowest BCUT2D eigenvalue weighted by Crippen LogP contribution is -2.36. The third kappa shape index (κ3) is 5.73. The first-order chi connectivity index (χ1) is 18.9. The Kier molecular flexibility index (Phi) is 7.52. The monoisotopic (exact) mass is 520 g/mol. The number of amides is 2. The highest BCUT2D eigenvalue weighted by atomic mass is 19.1. The van der Waals surface area contributed by atoms with Gasteiger partial charge in [0.2, 0.25) is 0 Å². The topological polar surface area (TPSA) is 64.7 Å². The molecule has 0 spiro atoms. The Morgan fingerprint density at radius 1 is 0.821 bits per heavy atom. The van der Waals surface area contributed by atoms with E-state index in [1.54, 1.807) is 11.0 Å². The first-order valence-corrected chi connectivity index (χ1v) is 12.7. The molecule has 5 rings (SSSR count). The second-order valence-corrected chi connectivity index (χ2v) is 9.56. The molecular weight excluding hydrogens is 491 g/mol. The predicted octanol–water partition coefficient (Wildman–Crippen LogP) is 5.97. The number of nitrogens with one attached hydrogen (secondary N) is 2. The molecule has 1 aliphatic rings. The highest BCUT2D eigenvalue weighted by molar-refractivity contribution is 6.37. The van der Waals surface area contributed by atoms with Gasteiger partial charge in [0, 0.05) is 35.6 Å². The summed E-state index contributed by atoms with van der Waals surface area (Å²) in [4.78, 5) is 30.2. The minimum absolute atomic E-state index is 0.0725. The van der Waals surface area contributed by atoms with E-state index in [9.17, 15) is 14.0 Å². The molecule has 0 fully saturated rings. The van der Waals surface area contributed by atoms with Gasteiger partial charge >= 0.3 is 0 Å². The van der Waals surface area contributed by atoms with Crippen LogP contribution in [0.15, 0.2) is 103 Å². The van der Waals surface area contributed by atoms with Crippen molar-refractivity contribution < 1.29 is 14.0 Å². The quantitative estimate of drug-likeness (QED) is 0.281. The molecule has 7 heteroatoms. The summed E-state index contributed by atoms with van der Waals surface area (Å²) in [6.07, 6.45) is 0. The summed E-state index contributed by atoms with van der Waals surface area (Å²) >= 11 is 0. The number of carbonyl (C=O) groups is 2. The lowest BCUT2D eigenvalue weighted by Gasteiger charge is -2.25. The Labute approximate surface area is 227 Å². The smallest absolute Gasteiger partial charge is 0.258 e. The van der Waals surface area contributed by atoms with Crippen LogP contribution in [0.1, 0.15) is 21.5 Å². The number of halogens is 1. The summed E-state index contributed by atoms with van der Waals surface area (Å²) in [5.74, 6) is -0.789. The maximum Gasteiger partial charge on any atom is 0.258 e. The fourth-order valence-corrected chi connectivity index (χ4v) is 4.53. The molecule has 4 aromatic carbocycles. The molecular formula is C32H29FN4O2. The molecule has 0 saturated carbocycles. The van der Waals surface area contributed by atoms with E-state index in [0.29, 0.717) is 41.2 Å². The minimum Gasteiger partial charge on any atom is -0.354 e. The maximum atomic E-state index is 13.8. The van der Waals surface area contributed by atoms with Gasteiger partial charge in [-0.1, -0.05) is 48.5 Å². The molecule has 0 aromatic heterocycles. The average molecular weight is 521 g/mol. The fourth-order valence-electron chi connectivity index (χ4n) is 4.53. The van der Waals surface area contributed by atoms with E-state index < -0.39 is 5.82 Å². The number of anilines is 3. The van der Waals surface area contributed by atoms with Crippen LogP contribution >= 0.6 is 0 Å². The number of rotatable bonds is 8. The summed E-state index contributed by atoms with van der Waals surface area (Å²) in [7, 11) is 3.95. The van der Waals surface area contributed by atoms with Crippen molar-refractivity contribution in [3.63, 3.8) is 0 Å². The minimum atomic E-state index is -0.413. The molecule has 39 heavy (non-hydrogen) atoms. The SMILES string of the molecule is CN(C)CCN(C(=O)c1ccccc1)c1ccc(NC(=C2C(=O)Nc3cc(F)ccc32)c2ccccc2)cc1. The molecule has 2 N–H and O–H groups in total. The maximum absolute atomic E-state index is 13.8. The van der Waals surface area contributed by atoms with Gasteiger partial charge in [-0.3, -0.25) is 9.59 Å². The Hall–Kier alpha value is -4.75. The second-order valence-electron chi connectivity index (χ2n) is 9.56. The normalized spacial score (nSPS) is 13.6. The van der Waals surface area contributed by atoms with E-state index in [1.807, 2.05) is 104 Å². The van der Waals surface area contributed by atoms with Gasteiger partial charge in [0.05, 0.1) is 17.0 Å². The van der Waals surface area contributed by atoms with Crippen molar-refractivity contribution >= 4 is 40.1 Å². The Morgan fingerprint density at radius 2 is 1.46 bits per heavy atom. The largest absolute Gasteiger partial charge is 0.354 e. The van der Waals surface area contributed by atoms with Gasteiger partial charge in [0.25, 0.3) is 11.8 Å². The average Bonchev–Trinajstić information content (AvgIpc) is 3.27. The predicted molar refractivity (Wildman–Crippen MR) is 155 cm³/mol. The number of benzene rings is 4. The molecule has 0 radical (unpaired) electrons. The van der Waals surface area contributed by atoms with Crippen LogP contribution in [0.5, 0.6) is 0 Å². The second kappa shape index (κ2) is 11.3. The third-order valence-corrected chi connectivity index (χ3v) is 6.52. The zero-order valence-corrected chi connectivity index (χ0v) is 21.8. The van der Waals surface area contributed by atoms with E-state index in [-0.39, 0.29) is 11.8 Å². The Morgan fingerprint density at radius 3 is 2.10 bits per heavy atom. The van der Waals surface area contributed by atoms with Crippen LogP contribution in [-0.4, -0.2) is 43.9 Å². The number of likely N-dealkylation sites (N-methyl/N-ethyl adjacent to an activating group) is 1. The first kappa shape index (κ1) is 25.9. The molecule has 1 aliphatic heterocycles. The molecule has 0 bridgehead atoms. The van der Waals surface area contributed by atoms with E-state index >= 15 is 0 Å². The zero-order chi connectivity index (χ0) is 27.4. The Bertz CT molecular complexity index is 1520. The van der Waals surface area contributed by atoms with Crippen molar-refractivity contribution in [2.45, 2.75) is 0 Å². The fraction of sp³-hybridized carbons (Fsp3) is 0.125. The zero-order valence-electron chi connectivity index (χ0n) is 21.8. The van der Waals surface area contributed by atoms with Gasteiger partial charge in [-0.05, 0) is 74.3 Å². The van der Waals surface area contributed by atoms with Gasteiger partial charge in [-0.25, -0.2) is 4.39 Å². The summed E-state index contributed by atoms with van der Waals surface area (Å²) in [5, 5.41) is 6.19. The summed E-state index contributed by atoms with van der Waals surface area (Å²) < 4.78 is 13.8. The number of hydrogen-bond donors (Lipinski definition) is 2. The van der Waals surface area contributed by atoms with Crippen LogP contribution in [0, 0.1) is 5.82 Å². The summed E-state index contributed by atoms with van der Waals surface area (Å²) in [5.41, 5.74) is 5.07. The van der Waals surface area contributed by atoms with Crippen LogP contribution in [0.25, 0.3) is 11.3 Å². The summed E-state index contributed by atoms with van der Waals surface area (Å²) in [6.45, 7) is 1.23. The van der Waals surface area contributed by atoms with Crippen molar-refractivity contribution in [3.05, 3.63) is 126 Å². The summed E-state index contributed by atoms with van der Waals surface area (Å²) in [6, 6.07) is 30.6. The number of nitrogens with zero attached hydrogens (tertiary/aromatic N) is 2. The van der Waals surface area contributed by atoms with Gasteiger partial charge in [-0.2, -0.15) is 0 Å². The van der Waals surface area contributed by atoms with Crippen LogP contribution in [-0.2, 0) is 4.79 Å². The number of carbonyl (C=O) groups excluding carboxylic acids is 2. The van der Waals surface area contributed by atoms with E-state index in [4.69, 9.17) is 0 Å². The van der Waals surface area contributed by atoms with Gasteiger partial charge in [0.1, 0.15) is 5.82 Å². The number of fused-ring (bicyclic) bond motifs is 1. The lowest BCUT2D eigenvalue weighted by molar-refractivity contribution is -0.110. The molecule has 196 valence electrons. The van der Waals surface area contributed by atoms with Crippen molar-refractivity contribution in [1.29, 1.82) is 0 Å². The molecule has 2 amide bonds. The first-order valence-electron chi connectivity index (χ1n) is 12.7. The third-order valence-electron chi connectivity index (χ3n) is 6.52. The highest BCUT2D eigenvalue weighted by Crippen LogP contribution is 2.38. The molecule has 0 saturated heterocycles. The van der Waals surface area contributed by atoms with Gasteiger partial charge in [-0.15, -0.1) is 0 Å². The van der Waals surface area contributed by atoms with Gasteiger partial charge < -0.3 is 20.4 Å². The lowest BCUT2D eigenvalue weighted by atomic mass is 10.00. The van der Waals surface area contributed by atoms with Crippen LogP contribution < -0.4 is 15.5 Å². The van der Waals surface area contributed by atoms with E-state index in [1.165, 1.54) is 12.1 Å². The van der Waals surface area contributed by atoms with E-state index in [0.717, 1.165) is 16.9 Å². The molecule has 6 nitrogen and oxygen atoms in total. The van der Waals surface area contributed by atoms with Crippen LogP contribution in [0.3, 0.4) is 0 Å². The van der Waals surface area contributed by atoms with Crippen LogP contribution in [0.4, 0.5) is 21.5 Å². The number of hydrogen-bond acceptors (Lipinski definition) is 4. The van der Waals surface area contributed by atoms with Crippen molar-refractivity contribution in [2.75, 3.05) is 42.7 Å². The molecule has 0 atom stereocenters. The standard InChI is InChI=1S/C32H29FN4O2/c1-36(2)19-20-37(32(39)23-11-7-4-8-12-23)26-16-14-25(15-17-26)34-30(22-9-5-3-6-10-22)29-27-18-13-24(33)21-28(27)35-31(29)38/h3-18,21,34H,19-20H2,1-2H3,(H,35,38). The van der Waals surface area contributed by atoms with Crippen molar-refractivity contribution in [3.8, 4) is 0 Å². The van der Waals surface area contributed by atoms with Crippen molar-refractivity contribution in [1.82, 2.24) is 4.90 Å². The molecule has 0 aliphatic carbocycles.